The first-order valence-corrected chi connectivity index (χ1v) is 9.98. The minimum atomic E-state index is -1.47. The maximum Gasteiger partial charge on any atom is 0.414 e. The van der Waals surface area contributed by atoms with Crippen LogP contribution < -0.4 is 0 Å². The van der Waals surface area contributed by atoms with Crippen LogP contribution in [0, 0.1) is 0 Å². The molecule has 2 fully saturated rings. The number of nitrogens with zero attached hydrogens (tertiary/aromatic N) is 2. The monoisotopic (exact) mass is 402 g/mol. The molecule has 0 radical (unpaired) electrons. The molecule has 2 heterocycles. The Morgan fingerprint density at radius 3 is 2.37 bits per heavy atom. The fourth-order valence-corrected chi connectivity index (χ4v) is 4.30. The highest BCUT2D eigenvalue weighted by Crippen LogP contribution is 2.46. The molecule has 152 valence electrons. The standard InChI is InChI=1S/C24H22N2O4/c1-16-24(30-23(28)25(16)2)26(15-17-9-4-3-5-10-17)22(27)21(29-24)20-14-8-12-18-11-6-7-13-19(18)20/h3-14,16,21H,15H2,1-2H3. The fraction of sp³-hybridized carbons (Fsp3) is 0.250. The number of carbonyl (C=O) groups is 2. The molecule has 2 saturated heterocycles. The molecule has 30 heavy (non-hydrogen) atoms. The van der Waals surface area contributed by atoms with Crippen molar-refractivity contribution in [3.05, 3.63) is 83.9 Å². The first-order chi connectivity index (χ1) is 14.5. The van der Waals surface area contributed by atoms with E-state index in [2.05, 4.69) is 0 Å². The molecule has 0 aromatic heterocycles. The van der Waals surface area contributed by atoms with Crippen LogP contribution in [-0.2, 0) is 20.8 Å². The third kappa shape index (κ3) is 2.68. The van der Waals surface area contributed by atoms with Gasteiger partial charge < -0.3 is 9.47 Å². The largest absolute Gasteiger partial charge is 0.414 e. The Labute approximate surface area is 174 Å². The highest BCUT2D eigenvalue weighted by Gasteiger charge is 2.64. The third-order valence-corrected chi connectivity index (χ3v) is 6.07. The molecule has 2 aliphatic rings. The van der Waals surface area contributed by atoms with Crippen molar-refractivity contribution in [2.75, 3.05) is 7.05 Å². The van der Waals surface area contributed by atoms with E-state index in [9.17, 15) is 9.59 Å². The number of likely N-dealkylation sites (N-methyl/N-ethyl adjacent to an activating group) is 1. The van der Waals surface area contributed by atoms with E-state index in [0.29, 0.717) is 0 Å². The second-order valence-corrected chi connectivity index (χ2v) is 7.76. The van der Waals surface area contributed by atoms with Gasteiger partial charge in [-0.2, -0.15) is 0 Å². The molecule has 3 atom stereocenters. The van der Waals surface area contributed by atoms with Crippen molar-refractivity contribution >= 4 is 22.8 Å². The quantitative estimate of drug-likeness (QED) is 0.663. The highest BCUT2D eigenvalue weighted by atomic mass is 16.8. The Balaban J connectivity index is 1.61. The molecule has 0 N–H and O–H groups in total. The smallest absolute Gasteiger partial charge is 0.395 e. The van der Waals surface area contributed by atoms with Crippen molar-refractivity contribution < 1.29 is 19.1 Å². The molecule has 3 unspecified atom stereocenters. The van der Waals surface area contributed by atoms with Crippen LogP contribution in [0.15, 0.2) is 72.8 Å². The van der Waals surface area contributed by atoms with Crippen molar-refractivity contribution in [1.29, 1.82) is 0 Å². The summed E-state index contributed by atoms with van der Waals surface area (Å²) < 4.78 is 12.1. The van der Waals surface area contributed by atoms with Gasteiger partial charge in [-0.3, -0.25) is 14.6 Å². The second kappa shape index (κ2) is 6.85. The van der Waals surface area contributed by atoms with Crippen LogP contribution in [0.3, 0.4) is 0 Å². The van der Waals surface area contributed by atoms with Crippen molar-refractivity contribution in [2.45, 2.75) is 31.5 Å². The topological polar surface area (TPSA) is 59.1 Å². The van der Waals surface area contributed by atoms with Crippen molar-refractivity contribution in [3.63, 3.8) is 0 Å². The van der Waals surface area contributed by atoms with E-state index >= 15 is 0 Å². The average Bonchev–Trinajstić information content (AvgIpc) is 3.16. The lowest BCUT2D eigenvalue weighted by molar-refractivity contribution is -0.249. The normalized spacial score (nSPS) is 26.1. The Bertz CT molecular complexity index is 1130. The summed E-state index contributed by atoms with van der Waals surface area (Å²) in [5.41, 5.74) is 1.70. The summed E-state index contributed by atoms with van der Waals surface area (Å²) in [7, 11) is 1.65. The van der Waals surface area contributed by atoms with Crippen molar-refractivity contribution in [1.82, 2.24) is 9.80 Å². The van der Waals surface area contributed by atoms with Gasteiger partial charge in [0.25, 0.3) is 5.91 Å². The van der Waals surface area contributed by atoms with Crippen LogP contribution in [0.25, 0.3) is 10.8 Å². The van der Waals surface area contributed by atoms with E-state index in [4.69, 9.17) is 9.47 Å². The molecule has 6 nitrogen and oxygen atoms in total. The summed E-state index contributed by atoms with van der Waals surface area (Å²) in [6, 6.07) is 22.9. The number of amides is 2. The van der Waals surface area contributed by atoms with Crippen LogP contribution in [0.4, 0.5) is 4.79 Å². The lowest BCUT2D eigenvalue weighted by atomic mass is 10.00. The maximum absolute atomic E-state index is 13.7. The Morgan fingerprint density at radius 1 is 0.933 bits per heavy atom. The van der Waals surface area contributed by atoms with E-state index < -0.39 is 24.2 Å². The van der Waals surface area contributed by atoms with E-state index in [1.165, 1.54) is 4.90 Å². The fourth-order valence-electron chi connectivity index (χ4n) is 4.30. The molecular weight excluding hydrogens is 380 g/mol. The molecule has 0 saturated carbocycles. The predicted molar refractivity (Wildman–Crippen MR) is 111 cm³/mol. The van der Waals surface area contributed by atoms with Gasteiger partial charge in [0, 0.05) is 7.05 Å². The van der Waals surface area contributed by atoms with Gasteiger partial charge in [0.15, 0.2) is 6.10 Å². The van der Waals surface area contributed by atoms with E-state index in [0.717, 1.165) is 21.9 Å². The van der Waals surface area contributed by atoms with Crippen LogP contribution >= 0.6 is 0 Å². The third-order valence-electron chi connectivity index (χ3n) is 6.07. The summed E-state index contributed by atoms with van der Waals surface area (Å²) in [6.45, 7) is 2.12. The minimum Gasteiger partial charge on any atom is -0.395 e. The van der Waals surface area contributed by atoms with E-state index in [1.807, 2.05) is 79.7 Å². The van der Waals surface area contributed by atoms with Gasteiger partial charge >= 0.3 is 12.0 Å². The number of benzene rings is 3. The molecular formula is C24H22N2O4. The van der Waals surface area contributed by atoms with E-state index in [-0.39, 0.29) is 12.5 Å². The van der Waals surface area contributed by atoms with Crippen LogP contribution in [-0.4, -0.2) is 40.8 Å². The molecule has 2 aliphatic heterocycles. The average molecular weight is 402 g/mol. The molecule has 0 aliphatic carbocycles. The highest BCUT2D eigenvalue weighted by molar-refractivity contribution is 5.93. The number of carbonyl (C=O) groups excluding carboxylic acids is 2. The summed E-state index contributed by atoms with van der Waals surface area (Å²) in [5.74, 6) is -1.69. The first kappa shape index (κ1) is 18.6. The predicted octanol–water partition coefficient (Wildman–Crippen LogP) is 4.06. The van der Waals surface area contributed by atoms with Crippen molar-refractivity contribution in [3.8, 4) is 0 Å². The molecule has 0 bridgehead atoms. The zero-order valence-corrected chi connectivity index (χ0v) is 16.8. The number of hydrogen-bond donors (Lipinski definition) is 0. The summed E-state index contributed by atoms with van der Waals surface area (Å²) in [5, 5.41) is 1.97. The zero-order valence-electron chi connectivity index (χ0n) is 16.8. The lowest BCUT2D eigenvalue weighted by Crippen LogP contribution is -2.54. The number of ether oxygens (including phenoxy) is 2. The van der Waals surface area contributed by atoms with Gasteiger partial charge in [0.05, 0.1) is 6.54 Å². The van der Waals surface area contributed by atoms with Gasteiger partial charge in [-0.15, -0.1) is 0 Å². The van der Waals surface area contributed by atoms with Gasteiger partial charge in [0.1, 0.15) is 6.04 Å². The van der Waals surface area contributed by atoms with E-state index in [1.54, 1.807) is 11.9 Å². The molecule has 3 aromatic rings. The molecule has 3 aromatic carbocycles. The molecule has 6 heteroatoms. The SMILES string of the molecule is CC1N(C)C(=O)OC12OC(c1cccc3ccccc13)C(=O)N2Cc1ccccc1. The molecule has 2 amide bonds. The van der Waals surface area contributed by atoms with Gasteiger partial charge in [-0.25, -0.2) is 4.79 Å². The van der Waals surface area contributed by atoms with Gasteiger partial charge in [0.2, 0.25) is 0 Å². The first-order valence-electron chi connectivity index (χ1n) is 9.98. The number of hydrogen-bond acceptors (Lipinski definition) is 4. The zero-order chi connectivity index (χ0) is 20.9. The van der Waals surface area contributed by atoms with Crippen LogP contribution in [0.5, 0.6) is 0 Å². The van der Waals surface area contributed by atoms with Crippen LogP contribution in [0.2, 0.25) is 0 Å². The molecule has 5 rings (SSSR count). The summed E-state index contributed by atoms with van der Waals surface area (Å²) in [4.78, 5) is 29.1. The second-order valence-electron chi connectivity index (χ2n) is 7.76. The van der Waals surface area contributed by atoms with Crippen molar-refractivity contribution in [2.24, 2.45) is 0 Å². The summed E-state index contributed by atoms with van der Waals surface area (Å²) >= 11 is 0. The molecule has 1 spiro atoms. The number of fused-ring (bicyclic) bond motifs is 1. The maximum atomic E-state index is 13.7. The lowest BCUT2D eigenvalue weighted by Gasteiger charge is -2.34. The van der Waals surface area contributed by atoms with Crippen LogP contribution in [0.1, 0.15) is 24.2 Å². The summed E-state index contributed by atoms with van der Waals surface area (Å²) in [6.07, 6.45) is -1.37. The van der Waals surface area contributed by atoms with Gasteiger partial charge in [-0.05, 0) is 28.8 Å². The number of rotatable bonds is 3. The Morgan fingerprint density at radius 2 is 1.63 bits per heavy atom. The Kier molecular flexibility index (Phi) is 4.25. The minimum absolute atomic E-state index is 0.217. The van der Waals surface area contributed by atoms with Gasteiger partial charge in [-0.1, -0.05) is 72.8 Å². The Hall–Kier alpha value is -3.38.